The Morgan fingerprint density at radius 2 is 2.04 bits per heavy atom. The lowest BCUT2D eigenvalue weighted by Crippen LogP contribution is -2.27. The maximum Gasteiger partial charge on any atom is 0.257 e. The summed E-state index contributed by atoms with van der Waals surface area (Å²) in [4.78, 5) is 20.3. The van der Waals surface area contributed by atoms with Gasteiger partial charge >= 0.3 is 0 Å². The molecule has 8 heteroatoms. The molecule has 2 aliphatic rings. The van der Waals surface area contributed by atoms with Crippen LogP contribution < -0.4 is 15.0 Å². The topological polar surface area (TPSA) is 85.3 Å². The molecule has 0 spiro atoms. The van der Waals surface area contributed by atoms with Crippen molar-refractivity contribution in [3.05, 3.63) is 29.5 Å². The smallest absolute Gasteiger partial charge is 0.257 e. The number of hydrogen-bond acceptors (Lipinski definition) is 8. The van der Waals surface area contributed by atoms with E-state index < -0.39 is 0 Å². The predicted octanol–water partition coefficient (Wildman–Crippen LogP) is 1.39. The van der Waals surface area contributed by atoms with E-state index in [4.69, 9.17) is 14.5 Å². The van der Waals surface area contributed by atoms with Crippen LogP contribution in [0.4, 0.5) is 11.6 Å². The first-order valence-electron chi connectivity index (χ1n) is 9.05. The van der Waals surface area contributed by atoms with Gasteiger partial charge in [0.15, 0.2) is 5.82 Å². The van der Waals surface area contributed by atoms with E-state index in [0.717, 1.165) is 68.7 Å². The van der Waals surface area contributed by atoms with Crippen molar-refractivity contribution in [1.82, 2.24) is 19.9 Å². The molecule has 0 radical (unpaired) electrons. The highest BCUT2D eigenvalue weighted by Gasteiger charge is 2.24. The normalized spacial score (nSPS) is 19.8. The number of anilines is 2. The Balaban J connectivity index is 1.59. The maximum atomic E-state index is 5.49. The Kier molecular flexibility index (Phi) is 4.83. The molecule has 0 saturated carbocycles. The van der Waals surface area contributed by atoms with Crippen molar-refractivity contribution in [1.29, 1.82) is 0 Å². The molecule has 1 saturated heterocycles. The highest BCUT2D eigenvalue weighted by Crippen LogP contribution is 2.28. The number of fused-ring (bicyclic) bond motifs is 1. The lowest BCUT2D eigenvalue weighted by Gasteiger charge is -2.22. The fourth-order valence-electron chi connectivity index (χ4n) is 3.57. The summed E-state index contributed by atoms with van der Waals surface area (Å²) in [5.74, 6) is 3.10. The van der Waals surface area contributed by atoms with E-state index in [9.17, 15) is 0 Å². The van der Waals surface area contributed by atoms with Crippen LogP contribution in [0, 0.1) is 6.92 Å². The zero-order valence-corrected chi connectivity index (χ0v) is 15.2. The average Bonchev–Trinajstić information content (AvgIpc) is 3.07. The number of rotatable bonds is 4. The van der Waals surface area contributed by atoms with E-state index in [1.165, 1.54) is 5.56 Å². The number of nitrogens with one attached hydrogen (secondary N) is 1. The lowest BCUT2D eigenvalue weighted by molar-refractivity contribution is 0.195. The lowest BCUT2D eigenvalue weighted by atomic mass is 10.1. The molecule has 0 aliphatic carbocycles. The molecule has 26 heavy (non-hydrogen) atoms. The molecule has 2 aliphatic heterocycles. The van der Waals surface area contributed by atoms with Crippen molar-refractivity contribution < 1.29 is 9.47 Å². The monoisotopic (exact) mass is 356 g/mol. The summed E-state index contributed by atoms with van der Waals surface area (Å²) in [5.41, 5.74) is 2.32. The molecule has 2 aromatic heterocycles. The summed E-state index contributed by atoms with van der Waals surface area (Å²) in [7, 11) is 1.63. The molecule has 1 fully saturated rings. The summed E-state index contributed by atoms with van der Waals surface area (Å²) in [5, 5.41) is 3.57. The first-order chi connectivity index (χ1) is 12.7. The zero-order chi connectivity index (χ0) is 17.9. The van der Waals surface area contributed by atoms with E-state index in [2.05, 4.69) is 25.2 Å². The fourth-order valence-corrected chi connectivity index (χ4v) is 3.57. The fraction of sp³-hybridized carbons (Fsp3) is 0.556. The predicted molar refractivity (Wildman–Crippen MR) is 97.8 cm³/mol. The molecule has 0 amide bonds. The van der Waals surface area contributed by atoms with Gasteiger partial charge in [0.1, 0.15) is 11.6 Å². The Morgan fingerprint density at radius 1 is 1.19 bits per heavy atom. The maximum absolute atomic E-state index is 5.49. The van der Waals surface area contributed by atoms with Crippen molar-refractivity contribution in [2.75, 3.05) is 43.6 Å². The van der Waals surface area contributed by atoms with Gasteiger partial charge in [-0.3, -0.25) is 0 Å². The Labute approximate surface area is 153 Å². The number of methoxy groups -OCH3 is 1. The molecule has 4 heterocycles. The number of aromatic nitrogens is 4. The molecular weight excluding hydrogens is 332 g/mol. The molecule has 0 bridgehead atoms. The minimum Gasteiger partial charge on any atom is -0.478 e. The van der Waals surface area contributed by atoms with Crippen molar-refractivity contribution >= 4 is 11.6 Å². The first-order valence-corrected chi connectivity index (χ1v) is 9.05. The SMILES string of the molecule is COc1nccnc1N1CCc2nc(C)nc(NC3CCOC3)c2CC1. The third kappa shape index (κ3) is 3.41. The summed E-state index contributed by atoms with van der Waals surface area (Å²) in [6.45, 7) is 5.14. The zero-order valence-electron chi connectivity index (χ0n) is 15.2. The van der Waals surface area contributed by atoms with Gasteiger partial charge in [-0.25, -0.2) is 19.9 Å². The largest absolute Gasteiger partial charge is 0.478 e. The van der Waals surface area contributed by atoms with E-state index in [0.29, 0.717) is 11.9 Å². The van der Waals surface area contributed by atoms with Crippen LogP contribution in [0.25, 0.3) is 0 Å². The van der Waals surface area contributed by atoms with E-state index in [-0.39, 0.29) is 0 Å². The summed E-state index contributed by atoms with van der Waals surface area (Å²) >= 11 is 0. The highest BCUT2D eigenvalue weighted by atomic mass is 16.5. The molecular formula is C18H24N6O2. The molecule has 1 unspecified atom stereocenters. The Hall–Kier alpha value is -2.48. The molecule has 1 N–H and O–H groups in total. The van der Waals surface area contributed by atoms with E-state index >= 15 is 0 Å². The molecule has 4 rings (SSSR count). The van der Waals surface area contributed by atoms with Crippen LogP contribution in [0.5, 0.6) is 5.88 Å². The van der Waals surface area contributed by atoms with Crippen molar-refractivity contribution in [2.45, 2.75) is 32.2 Å². The second kappa shape index (κ2) is 7.41. The Bertz CT molecular complexity index is 778. The van der Waals surface area contributed by atoms with E-state index in [1.54, 1.807) is 19.5 Å². The van der Waals surface area contributed by atoms with Gasteiger partial charge < -0.3 is 19.7 Å². The van der Waals surface area contributed by atoms with Crippen LogP contribution in [-0.4, -0.2) is 59.4 Å². The summed E-state index contributed by atoms with van der Waals surface area (Å²) in [6.07, 6.45) is 6.06. The number of hydrogen-bond donors (Lipinski definition) is 1. The quantitative estimate of drug-likeness (QED) is 0.880. The van der Waals surface area contributed by atoms with E-state index in [1.807, 2.05) is 6.92 Å². The summed E-state index contributed by atoms with van der Waals surface area (Å²) in [6, 6.07) is 0.327. The van der Waals surface area contributed by atoms with Gasteiger partial charge in [-0.2, -0.15) is 0 Å². The standard InChI is InChI=1S/C18H24N6O2/c1-12-21-15-4-9-24(17-18(25-2)20-7-6-19-17)8-3-14(15)16(22-12)23-13-5-10-26-11-13/h6-7,13H,3-5,8-11H2,1-2H3,(H,21,22,23). The van der Waals surface area contributed by atoms with Crippen LogP contribution in [0.15, 0.2) is 12.4 Å². The second-order valence-electron chi connectivity index (χ2n) is 6.63. The van der Waals surface area contributed by atoms with Crippen LogP contribution in [0.2, 0.25) is 0 Å². The minimum absolute atomic E-state index is 0.327. The Morgan fingerprint density at radius 3 is 2.85 bits per heavy atom. The van der Waals surface area contributed by atoms with Gasteiger partial charge in [0.2, 0.25) is 0 Å². The van der Waals surface area contributed by atoms with Crippen LogP contribution in [0.1, 0.15) is 23.5 Å². The first kappa shape index (κ1) is 17.0. The number of nitrogens with zero attached hydrogens (tertiary/aromatic N) is 5. The van der Waals surface area contributed by atoms with Crippen molar-refractivity contribution in [2.24, 2.45) is 0 Å². The summed E-state index contributed by atoms with van der Waals surface area (Å²) < 4.78 is 10.9. The second-order valence-corrected chi connectivity index (χ2v) is 6.63. The third-order valence-electron chi connectivity index (χ3n) is 4.86. The van der Waals surface area contributed by atoms with Gasteiger partial charge in [0.25, 0.3) is 5.88 Å². The van der Waals surface area contributed by atoms with Crippen LogP contribution >= 0.6 is 0 Å². The van der Waals surface area contributed by atoms with Gasteiger partial charge in [0, 0.05) is 44.1 Å². The van der Waals surface area contributed by atoms with Gasteiger partial charge in [-0.1, -0.05) is 0 Å². The number of ether oxygens (including phenoxy) is 2. The van der Waals surface area contributed by atoms with Crippen LogP contribution in [0.3, 0.4) is 0 Å². The molecule has 8 nitrogen and oxygen atoms in total. The highest BCUT2D eigenvalue weighted by molar-refractivity contribution is 5.52. The van der Waals surface area contributed by atoms with Gasteiger partial charge in [-0.15, -0.1) is 0 Å². The molecule has 138 valence electrons. The minimum atomic E-state index is 0.327. The van der Waals surface area contributed by atoms with Crippen molar-refractivity contribution in [3.8, 4) is 5.88 Å². The van der Waals surface area contributed by atoms with Gasteiger partial charge in [-0.05, 0) is 19.8 Å². The molecule has 2 aromatic rings. The van der Waals surface area contributed by atoms with Crippen molar-refractivity contribution in [3.63, 3.8) is 0 Å². The van der Waals surface area contributed by atoms with Crippen LogP contribution in [-0.2, 0) is 17.6 Å². The van der Waals surface area contributed by atoms with Gasteiger partial charge in [0.05, 0.1) is 25.5 Å². The molecule has 1 atom stereocenters. The number of aryl methyl sites for hydroxylation is 1. The average molecular weight is 356 g/mol. The molecule has 0 aromatic carbocycles. The third-order valence-corrected chi connectivity index (χ3v) is 4.86.